The minimum absolute atomic E-state index is 0.0645. The van der Waals surface area contributed by atoms with Gasteiger partial charge in [-0.3, -0.25) is 9.89 Å². The zero-order valence-corrected chi connectivity index (χ0v) is 17.0. The number of nitrogens with zero attached hydrogens (tertiary/aromatic N) is 3. The van der Waals surface area contributed by atoms with Gasteiger partial charge in [0.1, 0.15) is 0 Å². The highest BCUT2D eigenvalue weighted by molar-refractivity contribution is 7.10. The molecule has 0 saturated carbocycles. The van der Waals surface area contributed by atoms with Crippen molar-refractivity contribution in [3.63, 3.8) is 0 Å². The average molecular weight is 368 g/mol. The summed E-state index contributed by atoms with van der Waals surface area (Å²) < 4.78 is 5.51. The lowest BCUT2D eigenvalue weighted by molar-refractivity contribution is 0.0177. The molecule has 0 bridgehead atoms. The maximum absolute atomic E-state index is 5.51. The zero-order chi connectivity index (χ0) is 18.3. The number of hydrogen-bond acceptors (Lipinski definition) is 5. The van der Waals surface area contributed by atoms with E-state index in [1.807, 2.05) is 18.4 Å². The van der Waals surface area contributed by atoms with Gasteiger partial charge in [-0.25, -0.2) is 0 Å². The molecule has 0 radical (unpaired) electrons. The number of ether oxygens (including phenoxy) is 1. The summed E-state index contributed by atoms with van der Waals surface area (Å²) in [7, 11) is 6.03. The van der Waals surface area contributed by atoms with Crippen LogP contribution in [-0.4, -0.2) is 81.8 Å². The summed E-state index contributed by atoms with van der Waals surface area (Å²) in [5.41, 5.74) is 0.0645. The van der Waals surface area contributed by atoms with Crippen molar-refractivity contribution in [3.05, 3.63) is 22.4 Å². The molecule has 2 heterocycles. The minimum Gasteiger partial charge on any atom is -0.379 e. The fraction of sp³-hybridized carbons (Fsp3) is 0.722. The molecule has 2 rings (SSSR count). The van der Waals surface area contributed by atoms with Crippen molar-refractivity contribution < 1.29 is 4.74 Å². The van der Waals surface area contributed by atoms with Gasteiger partial charge in [-0.1, -0.05) is 6.07 Å². The summed E-state index contributed by atoms with van der Waals surface area (Å²) in [6.45, 7) is 9.68. The normalized spacial score (nSPS) is 18.4. The average Bonchev–Trinajstić information content (AvgIpc) is 3.13. The molecule has 6 nitrogen and oxygen atoms in total. The first-order chi connectivity index (χ1) is 11.9. The molecular formula is C18H33N5OS. The zero-order valence-electron chi connectivity index (χ0n) is 16.2. The van der Waals surface area contributed by atoms with Gasteiger partial charge in [0.2, 0.25) is 0 Å². The Bertz CT molecular complexity index is 524. The van der Waals surface area contributed by atoms with E-state index in [2.05, 4.69) is 70.9 Å². The fourth-order valence-electron chi connectivity index (χ4n) is 2.65. The van der Waals surface area contributed by atoms with Gasteiger partial charge in [0.25, 0.3) is 0 Å². The molecule has 1 unspecified atom stereocenters. The van der Waals surface area contributed by atoms with Crippen molar-refractivity contribution in [1.29, 1.82) is 0 Å². The van der Waals surface area contributed by atoms with Gasteiger partial charge < -0.3 is 20.3 Å². The molecule has 1 atom stereocenters. The third kappa shape index (κ3) is 5.95. The van der Waals surface area contributed by atoms with Gasteiger partial charge in [-0.15, -0.1) is 11.3 Å². The van der Waals surface area contributed by atoms with Gasteiger partial charge in [-0.05, 0) is 39.4 Å². The maximum atomic E-state index is 5.51. The predicted octanol–water partition coefficient (Wildman–Crippen LogP) is 1.63. The summed E-state index contributed by atoms with van der Waals surface area (Å²) in [6.07, 6.45) is 0. The van der Waals surface area contributed by atoms with Gasteiger partial charge in [0.15, 0.2) is 5.96 Å². The van der Waals surface area contributed by atoms with Crippen molar-refractivity contribution in [2.45, 2.75) is 25.4 Å². The van der Waals surface area contributed by atoms with Crippen molar-refractivity contribution in [3.8, 4) is 0 Å². The first-order valence-electron chi connectivity index (χ1n) is 8.91. The topological polar surface area (TPSA) is 52.1 Å². The Morgan fingerprint density at radius 2 is 2.08 bits per heavy atom. The van der Waals surface area contributed by atoms with E-state index in [-0.39, 0.29) is 5.54 Å². The SMILES string of the molecule is CN=C(NCC(c1cccs1)N1CCOCC1)NCC(C)(C)N(C)C. The quantitative estimate of drug-likeness (QED) is 0.567. The monoisotopic (exact) mass is 367 g/mol. The summed E-state index contributed by atoms with van der Waals surface area (Å²) in [4.78, 5) is 10.5. The molecule has 7 heteroatoms. The van der Waals surface area contributed by atoms with Crippen LogP contribution in [0.25, 0.3) is 0 Å². The lowest BCUT2D eigenvalue weighted by atomic mass is 10.0. The van der Waals surface area contributed by atoms with E-state index in [4.69, 9.17) is 4.74 Å². The van der Waals surface area contributed by atoms with Gasteiger partial charge in [-0.2, -0.15) is 0 Å². The van der Waals surface area contributed by atoms with Crippen molar-refractivity contribution in [1.82, 2.24) is 20.4 Å². The molecular weight excluding hydrogens is 334 g/mol. The van der Waals surface area contributed by atoms with Crippen LogP contribution >= 0.6 is 11.3 Å². The van der Waals surface area contributed by atoms with E-state index in [9.17, 15) is 0 Å². The molecule has 1 saturated heterocycles. The second-order valence-electron chi connectivity index (χ2n) is 7.19. The molecule has 1 aliphatic heterocycles. The van der Waals surface area contributed by atoms with Crippen molar-refractivity contribution in [2.24, 2.45) is 4.99 Å². The number of thiophene rings is 1. The van der Waals surface area contributed by atoms with Crippen LogP contribution in [0.1, 0.15) is 24.8 Å². The highest BCUT2D eigenvalue weighted by Gasteiger charge is 2.24. The smallest absolute Gasteiger partial charge is 0.191 e. The highest BCUT2D eigenvalue weighted by atomic mass is 32.1. The molecule has 2 N–H and O–H groups in total. The molecule has 0 aliphatic carbocycles. The maximum Gasteiger partial charge on any atom is 0.191 e. The summed E-state index contributed by atoms with van der Waals surface area (Å²) in [6, 6.07) is 4.70. The Balaban J connectivity index is 1.94. The van der Waals surface area contributed by atoms with Crippen molar-refractivity contribution >= 4 is 17.3 Å². The van der Waals surface area contributed by atoms with E-state index in [0.717, 1.165) is 45.4 Å². The van der Waals surface area contributed by atoms with E-state index in [1.54, 1.807) is 0 Å². The van der Waals surface area contributed by atoms with Crippen LogP contribution in [0.2, 0.25) is 0 Å². The first-order valence-corrected chi connectivity index (χ1v) is 9.79. The number of likely N-dealkylation sites (N-methyl/N-ethyl adjacent to an activating group) is 1. The minimum atomic E-state index is 0.0645. The molecule has 1 aliphatic rings. The number of hydrogen-bond donors (Lipinski definition) is 2. The van der Waals surface area contributed by atoms with E-state index < -0.39 is 0 Å². The largest absolute Gasteiger partial charge is 0.379 e. The third-order valence-electron chi connectivity index (χ3n) is 4.94. The first kappa shape index (κ1) is 20.2. The van der Waals surface area contributed by atoms with Crippen LogP contribution in [-0.2, 0) is 4.74 Å². The lowest BCUT2D eigenvalue weighted by Crippen LogP contribution is -2.52. The lowest BCUT2D eigenvalue weighted by Gasteiger charge is -2.35. The summed E-state index contributed by atoms with van der Waals surface area (Å²) in [5.74, 6) is 0.852. The highest BCUT2D eigenvalue weighted by Crippen LogP contribution is 2.25. The van der Waals surface area contributed by atoms with E-state index in [1.165, 1.54) is 4.88 Å². The van der Waals surface area contributed by atoms with Crippen LogP contribution in [0.4, 0.5) is 0 Å². The van der Waals surface area contributed by atoms with Crippen molar-refractivity contribution in [2.75, 3.05) is 60.5 Å². The number of aliphatic imine (C=N–C) groups is 1. The van der Waals surface area contributed by atoms with Crippen LogP contribution < -0.4 is 10.6 Å². The van der Waals surface area contributed by atoms with E-state index in [0.29, 0.717) is 6.04 Å². The Labute approximate surface area is 156 Å². The van der Waals surface area contributed by atoms with Crippen LogP contribution in [0.5, 0.6) is 0 Å². The molecule has 0 aromatic carbocycles. The Hall–Kier alpha value is -1.15. The second-order valence-corrected chi connectivity index (χ2v) is 8.17. The number of guanidine groups is 1. The molecule has 1 aromatic rings. The predicted molar refractivity (Wildman–Crippen MR) is 107 cm³/mol. The van der Waals surface area contributed by atoms with E-state index >= 15 is 0 Å². The molecule has 25 heavy (non-hydrogen) atoms. The van der Waals surface area contributed by atoms with Gasteiger partial charge in [0.05, 0.1) is 19.3 Å². The molecule has 0 amide bonds. The number of morpholine rings is 1. The third-order valence-corrected chi connectivity index (χ3v) is 5.92. The standard InChI is InChI=1S/C18H33N5OS/c1-18(2,22(4)5)14-21-17(19-3)20-13-15(16-7-6-12-25-16)23-8-10-24-11-9-23/h6-7,12,15H,8-11,13-14H2,1-5H3,(H2,19,20,21). The molecule has 1 fully saturated rings. The Kier molecular flexibility index (Phi) is 7.68. The number of nitrogens with one attached hydrogen (secondary N) is 2. The van der Waals surface area contributed by atoms with Crippen LogP contribution in [0.3, 0.4) is 0 Å². The Morgan fingerprint density at radius 3 is 2.64 bits per heavy atom. The number of rotatable bonds is 7. The van der Waals surface area contributed by atoms with Gasteiger partial charge >= 0.3 is 0 Å². The molecule has 1 aromatic heterocycles. The van der Waals surface area contributed by atoms with Crippen LogP contribution in [0, 0.1) is 0 Å². The molecule has 142 valence electrons. The molecule has 0 spiro atoms. The second kappa shape index (κ2) is 9.52. The Morgan fingerprint density at radius 1 is 1.36 bits per heavy atom. The van der Waals surface area contributed by atoms with Crippen LogP contribution in [0.15, 0.2) is 22.5 Å². The summed E-state index contributed by atoms with van der Waals surface area (Å²) >= 11 is 1.82. The fourth-order valence-corrected chi connectivity index (χ4v) is 3.51. The summed E-state index contributed by atoms with van der Waals surface area (Å²) in [5, 5.41) is 9.11. The van der Waals surface area contributed by atoms with Gasteiger partial charge in [0, 0.05) is 43.6 Å².